The number of hydroxylamine groups is 3. The molecule has 0 radical (unpaired) electrons. The van der Waals surface area contributed by atoms with E-state index in [4.69, 9.17) is 9.39 Å². The second-order valence-electron chi connectivity index (χ2n) is 5.71. The van der Waals surface area contributed by atoms with E-state index in [-0.39, 0.29) is 12.6 Å². The van der Waals surface area contributed by atoms with Crippen LogP contribution in [0.4, 0.5) is 4.79 Å². The molecule has 0 aromatic rings. The molecule has 0 aromatic carbocycles. The second-order valence-corrected chi connectivity index (χ2v) is 6.71. The van der Waals surface area contributed by atoms with Gasteiger partial charge < -0.3 is 10.2 Å². The molecule has 0 saturated carbocycles. The first-order chi connectivity index (χ1) is 10.8. The van der Waals surface area contributed by atoms with E-state index in [2.05, 4.69) is 15.1 Å². The fourth-order valence-electron chi connectivity index (χ4n) is 3.04. The smallest absolute Gasteiger partial charge is 0.314 e. The molecular formula is C11H18N4O7S. The summed E-state index contributed by atoms with van der Waals surface area (Å²) in [6, 6.07) is -2.05. The molecule has 3 atom stereocenters. The van der Waals surface area contributed by atoms with Crippen molar-refractivity contribution in [3.8, 4) is 0 Å². The number of amides is 3. The maximum atomic E-state index is 12.2. The number of hydrogen-bond donors (Lipinski definition) is 3. The topological polar surface area (TPSA) is 138 Å². The zero-order valence-corrected chi connectivity index (χ0v) is 13.0. The molecule has 23 heavy (non-hydrogen) atoms. The van der Waals surface area contributed by atoms with Crippen molar-refractivity contribution < 1.29 is 31.7 Å². The molecule has 0 aromatic heterocycles. The SMILES string of the molecule is O=C(NOC1CCNC1)[C@@H]1CCC2CN1C(=O)N2OS(=O)(=O)O. The van der Waals surface area contributed by atoms with Crippen molar-refractivity contribution in [3.63, 3.8) is 0 Å². The van der Waals surface area contributed by atoms with Crippen molar-refractivity contribution in [2.45, 2.75) is 37.5 Å². The van der Waals surface area contributed by atoms with E-state index >= 15 is 0 Å². The van der Waals surface area contributed by atoms with Crippen LogP contribution in [0.2, 0.25) is 0 Å². The molecule has 2 unspecified atom stereocenters. The van der Waals surface area contributed by atoms with Gasteiger partial charge in [0.25, 0.3) is 5.91 Å². The Morgan fingerprint density at radius 2 is 2.13 bits per heavy atom. The van der Waals surface area contributed by atoms with Crippen molar-refractivity contribution in [2.24, 2.45) is 0 Å². The predicted octanol–water partition coefficient (Wildman–Crippen LogP) is -1.60. The first kappa shape index (κ1) is 16.4. The monoisotopic (exact) mass is 350 g/mol. The number of piperidine rings is 1. The molecule has 0 aliphatic carbocycles. The molecule has 3 fully saturated rings. The summed E-state index contributed by atoms with van der Waals surface area (Å²) < 4.78 is 34.6. The molecule has 3 N–H and O–H groups in total. The Kier molecular flexibility index (Phi) is 4.42. The maximum Gasteiger partial charge on any atom is 0.418 e. The molecule has 3 saturated heterocycles. The standard InChI is InChI=1S/C11H18N4O7S/c16-10(13-21-8-3-4-12-5-8)9-2-1-7-6-14(9)11(17)15(7)22-23(18,19)20/h7-9,12H,1-6H2,(H,13,16)(H,18,19,20)/t7?,8?,9-/m0/s1. The Morgan fingerprint density at radius 1 is 1.35 bits per heavy atom. The number of hydrogen-bond acceptors (Lipinski definition) is 7. The lowest BCUT2D eigenvalue weighted by atomic mass is 10.0. The summed E-state index contributed by atoms with van der Waals surface area (Å²) in [6.45, 7) is 1.61. The van der Waals surface area contributed by atoms with Gasteiger partial charge in [0.2, 0.25) is 0 Å². The average molecular weight is 350 g/mol. The minimum Gasteiger partial charge on any atom is -0.314 e. The van der Waals surface area contributed by atoms with E-state index in [9.17, 15) is 18.0 Å². The van der Waals surface area contributed by atoms with E-state index in [0.717, 1.165) is 13.0 Å². The summed E-state index contributed by atoms with van der Waals surface area (Å²) >= 11 is 0. The number of urea groups is 1. The van der Waals surface area contributed by atoms with Crippen LogP contribution in [0, 0.1) is 0 Å². The molecule has 12 heteroatoms. The van der Waals surface area contributed by atoms with E-state index in [0.29, 0.717) is 24.4 Å². The zero-order chi connectivity index (χ0) is 16.6. The quantitative estimate of drug-likeness (QED) is 0.398. The van der Waals surface area contributed by atoms with Gasteiger partial charge in [0.15, 0.2) is 0 Å². The van der Waals surface area contributed by atoms with Crippen molar-refractivity contribution in [3.05, 3.63) is 0 Å². The van der Waals surface area contributed by atoms with Gasteiger partial charge in [-0.3, -0.25) is 14.2 Å². The fraction of sp³-hybridized carbons (Fsp3) is 0.818. The van der Waals surface area contributed by atoms with Crippen LogP contribution < -0.4 is 10.8 Å². The van der Waals surface area contributed by atoms with Gasteiger partial charge in [-0.15, -0.1) is 4.28 Å². The van der Waals surface area contributed by atoms with Gasteiger partial charge in [-0.25, -0.2) is 10.3 Å². The largest absolute Gasteiger partial charge is 0.418 e. The van der Waals surface area contributed by atoms with Gasteiger partial charge in [0.05, 0.1) is 12.1 Å². The van der Waals surface area contributed by atoms with E-state index in [1.54, 1.807) is 0 Å². The molecule has 11 nitrogen and oxygen atoms in total. The first-order valence-corrected chi connectivity index (χ1v) is 8.65. The van der Waals surface area contributed by atoms with Crippen LogP contribution in [-0.4, -0.2) is 72.7 Å². The summed E-state index contributed by atoms with van der Waals surface area (Å²) in [4.78, 5) is 30.9. The molecule has 2 bridgehead atoms. The average Bonchev–Trinajstić information content (AvgIpc) is 3.08. The van der Waals surface area contributed by atoms with Gasteiger partial charge in [-0.05, 0) is 25.8 Å². The predicted molar refractivity (Wildman–Crippen MR) is 73.9 cm³/mol. The van der Waals surface area contributed by atoms with E-state index in [1.807, 2.05) is 0 Å². The normalized spacial score (nSPS) is 30.8. The lowest BCUT2D eigenvalue weighted by molar-refractivity contribution is -0.142. The van der Waals surface area contributed by atoms with Gasteiger partial charge in [-0.2, -0.15) is 13.5 Å². The fourth-order valence-corrected chi connectivity index (χ4v) is 3.43. The summed E-state index contributed by atoms with van der Waals surface area (Å²) in [7, 11) is -4.79. The first-order valence-electron chi connectivity index (χ1n) is 7.28. The summed E-state index contributed by atoms with van der Waals surface area (Å²) in [6.07, 6.45) is 1.40. The summed E-state index contributed by atoms with van der Waals surface area (Å²) in [5.74, 6) is -0.461. The Morgan fingerprint density at radius 3 is 2.78 bits per heavy atom. The third-order valence-electron chi connectivity index (χ3n) is 4.14. The molecule has 3 heterocycles. The Labute approximate surface area is 132 Å². The zero-order valence-electron chi connectivity index (χ0n) is 12.2. The van der Waals surface area contributed by atoms with Crippen LogP contribution in [0.1, 0.15) is 19.3 Å². The van der Waals surface area contributed by atoms with Crippen LogP contribution >= 0.6 is 0 Å². The molecular weight excluding hydrogens is 332 g/mol. The van der Waals surface area contributed by atoms with Crippen LogP contribution in [0.15, 0.2) is 0 Å². The van der Waals surface area contributed by atoms with E-state index < -0.39 is 34.4 Å². The number of carbonyl (C=O) groups excluding carboxylic acids is 2. The van der Waals surface area contributed by atoms with Gasteiger partial charge in [0.1, 0.15) is 6.04 Å². The third kappa shape index (κ3) is 3.55. The van der Waals surface area contributed by atoms with Crippen molar-refractivity contribution in [1.82, 2.24) is 20.8 Å². The number of rotatable bonds is 5. The van der Waals surface area contributed by atoms with Crippen LogP contribution in [0.3, 0.4) is 0 Å². The minimum atomic E-state index is -4.79. The number of carbonyl (C=O) groups is 2. The van der Waals surface area contributed by atoms with Crippen molar-refractivity contribution in [2.75, 3.05) is 19.6 Å². The number of nitrogens with one attached hydrogen (secondary N) is 2. The Hall–Kier alpha value is -1.47. The number of nitrogens with zero attached hydrogens (tertiary/aromatic N) is 2. The highest BCUT2D eigenvalue weighted by Gasteiger charge is 2.49. The third-order valence-corrected chi connectivity index (χ3v) is 4.49. The van der Waals surface area contributed by atoms with Crippen LogP contribution in [0.5, 0.6) is 0 Å². The molecule has 3 rings (SSSR count). The Balaban J connectivity index is 1.60. The van der Waals surface area contributed by atoms with Crippen LogP contribution in [-0.2, 0) is 24.3 Å². The van der Waals surface area contributed by atoms with Crippen molar-refractivity contribution >= 4 is 22.3 Å². The summed E-state index contributed by atoms with van der Waals surface area (Å²) in [5, 5.41) is 3.69. The highest BCUT2D eigenvalue weighted by atomic mass is 32.3. The van der Waals surface area contributed by atoms with Gasteiger partial charge in [-0.1, -0.05) is 0 Å². The molecule has 0 spiro atoms. The Bertz CT molecular complexity index is 591. The highest BCUT2D eigenvalue weighted by Crippen LogP contribution is 2.30. The summed E-state index contributed by atoms with van der Waals surface area (Å²) in [5.41, 5.74) is 2.36. The molecule has 3 aliphatic rings. The molecule has 130 valence electrons. The lowest BCUT2D eigenvalue weighted by Gasteiger charge is -2.29. The highest BCUT2D eigenvalue weighted by molar-refractivity contribution is 7.80. The van der Waals surface area contributed by atoms with Gasteiger partial charge >= 0.3 is 16.4 Å². The molecule has 3 amide bonds. The van der Waals surface area contributed by atoms with Gasteiger partial charge in [0, 0.05) is 13.1 Å². The minimum absolute atomic E-state index is 0.107. The van der Waals surface area contributed by atoms with E-state index in [1.165, 1.54) is 4.90 Å². The maximum absolute atomic E-state index is 12.2. The van der Waals surface area contributed by atoms with Crippen molar-refractivity contribution in [1.29, 1.82) is 0 Å². The number of fused-ring (bicyclic) bond motifs is 2. The van der Waals surface area contributed by atoms with Crippen LogP contribution in [0.25, 0.3) is 0 Å². The second kappa shape index (κ2) is 6.20. The lowest BCUT2D eigenvalue weighted by Crippen LogP contribution is -2.50. The molecule has 3 aliphatic heterocycles.